The third-order valence-electron chi connectivity index (χ3n) is 18.4. The molecule has 0 bridgehead atoms. The van der Waals surface area contributed by atoms with E-state index in [-0.39, 0.29) is 0 Å². The van der Waals surface area contributed by atoms with Gasteiger partial charge in [0.2, 0.25) is 0 Å². The Morgan fingerprint density at radius 1 is 0.159 bits per heavy atom. The predicted molar refractivity (Wildman–Crippen MR) is 368 cm³/mol. The topological polar surface area (TPSA) is 13.0 Å². The minimum absolute atomic E-state index is 1.07. The minimum atomic E-state index is 1.07. The van der Waals surface area contributed by atoms with Crippen LogP contribution in [-0.4, -0.2) is 0 Å². The van der Waals surface area contributed by atoms with E-state index in [0.717, 1.165) is 45.3 Å². The summed E-state index contributed by atoms with van der Waals surface area (Å²) in [5.41, 5.74) is 35.0. The highest BCUT2D eigenvalue weighted by molar-refractivity contribution is 6.15. The van der Waals surface area contributed by atoms with Crippen molar-refractivity contribution in [1.29, 1.82) is 0 Å². The van der Waals surface area contributed by atoms with Crippen LogP contribution in [0.1, 0.15) is 0 Å². The predicted octanol–water partition coefficient (Wildman–Crippen LogP) is 23.8. The second-order valence-electron chi connectivity index (χ2n) is 23.1. The maximum absolute atomic E-state index is 2.53. The first kappa shape index (κ1) is 49.7. The lowest BCUT2D eigenvalue weighted by Crippen LogP contribution is -2.14. The van der Waals surface area contributed by atoms with E-state index in [9.17, 15) is 0 Å². The van der Waals surface area contributed by atoms with E-state index in [0.29, 0.717) is 0 Å². The summed E-state index contributed by atoms with van der Waals surface area (Å²) in [6.45, 7) is 0. The fourth-order valence-corrected chi connectivity index (χ4v) is 14.6. The van der Waals surface area contributed by atoms with Crippen LogP contribution in [0.2, 0.25) is 0 Å². The average molecular weight is 1120 g/mol. The quantitative estimate of drug-likeness (QED) is 0.158. The molecule has 0 saturated heterocycles. The first-order valence-electron chi connectivity index (χ1n) is 30.3. The van der Waals surface area contributed by atoms with Crippen molar-refractivity contribution in [3.8, 4) is 100 Å². The Bertz CT molecular complexity index is 4560. The van der Waals surface area contributed by atoms with Crippen LogP contribution < -0.4 is 19.6 Å². The molecule has 4 aliphatic heterocycles. The number of benzene rings is 14. The van der Waals surface area contributed by atoms with Crippen LogP contribution >= 0.6 is 0 Å². The highest BCUT2D eigenvalue weighted by atomic mass is 15.2. The van der Waals surface area contributed by atoms with Gasteiger partial charge in [-0.2, -0.15) is 0 Å². The molecule has 410 valence electrons. The Hall–Kier alpha value is -11.7. The van der Waals surface area contributed by atoms with Crippen molar-refractivity contribution in [1.82, 2.24) is 0 Å². The van der Waals surface area contributed by atoms with Crippen LogP contribution in [-0.2, 0) is 0 Å². The van der Waals surface area contributed by atoms with Gasteiger partial charge in [-0.15, -0.1) is 0 Å². The molecule has 0 atom stereocenters. The molecule has 0 saturated carbocycles. The molecule has 0 amide bonds. The van der Waals surface area contributed by atoms with Crippen molar-refractivity contribution in [2.45, 2.75) is 0 Å². The molecule has 0 N–H and O–H groups in total. The number of para-hydroxylation sites is 6. The zero-order chi connectivity index (χ0) is 57.8. The molecular formula is C84H54N4. The van der Waals surface area contributed by atoms with Crippen LogP contribution in [0.5, 0.6) is 0 Å². The van der Waals surface area contributed by atoms with Gasteiger partial charge in [0.1, 0.15) is 0 Å². The summed E-state index contributed by atoms with van der Waals surface area (Å²) < 4.78 is 0. The van der Waals surface area contributed by atoms with Crippen LogP contribution in [0.4, 0.5) is 68.2 Å². The van der Waals surface area contributed by atoms with E-state index in [2.05, 4.69) is 347 Å². The maximum atomic E-state index is 2.53. The van der Waals surface area contributed by atoms with E-state index in [4.69, 9.17) is 0 Å². The maximum Gasteiger partial charge on any atom is 0.0620 e. The molecule has 4 heteroatoms. The number of fused-ring (bicyclic) bond motifs is 20. The van der Waals surface area contributed by atoms with Crippen LogP contribution in [0.15, 0.2) is 328 Å². The van der Waals surface area contributed by atoms with Crippen LogP contribution in [0, 0.1) is 0 Å². The number of anilines is 12. The van der Waals surface area contributed by atoms with E-state index in [1.54, 1.807) is 0 Å². The van der Waals surface area contributed by atoms with Gasteiger partial charge in [-0.3, -0.25) is 0 Å². The van der Waals surface area contributed by atoms with Crippen molar-refractivity contribution < 1.29 is 0 Å². The van der Waals surface area contributed by atoms with Gasteiger partial charge in [0.15, 0.2) is 0 Å². The second kappa shape index (κ2) is 20.0. The number of nitrogens with zero attached hydrogens (tertiary/aromatic N) is 4. The van der Waals surface area contributed by atoms with Gasteiger partial charge in [0.05, 0.1) is 34.1 Å². The zero-order valence-electron chi connectivity index (χ0n) is 48.0. The Morgan fingerprint density at radius 3 is 0.625 bits per heavy atom. The summed E-state index contributed by atoms with van der Waals surface area (Å²) in [7, 11) is 0. The van der Waals surface area contributed by atoms with Crippen LogP contribution in [0.3, 0.4) is 0 Å². The Balaban J connectivity index is 0.773. The molecule has 0 fully saturated rings. The number of hydrogen-bond acceptors (Lipinski definition) is 4. The SMILES string of the molecule is c1ccc(N(c2ccc(-c3ccc(N(c4ccccc4)c4cc5c6c(c4)-c4ccccc4-c4ccccc4N6c4ccccc4-c4ccccc4-5)cc3)cc2)c2cc3c4c(c2)-c2ccccc2-c2ccccc2N4c2ccccc2-c2ccccc2-3)cc1. The Morgan fingerprint density at radius 2 is 0.364 bits per heavy atom. The molecule has 4 aliphatic rings. The van der Waals surface area contributed by atoms with Crippen molar-refractivity contribution >= 4 is 68.2 Å². The second-order valence-corrected chi connectivity index (χ2v) is 23.1. The molecule has 4 nitrogen and oxygen atoms in total. The van der Waals surface area contributed by atoms with Gasteiger partial charge in [0.25, 0.3) is 0 Å². The molecule has 0 unspecified atom stereocenters. The number of hydrogen-bond donors (Lipinski definition) is 0. The number of rotatable bonds is 7. The summed E-state index contributed by atoms with van der Waals surface area (Å²) in [5, 5.41) is 0. The monoisotopic (exact) mass is 1120 g/mol. The summed E-state index contributed by atoms with van der Waals surface area (Å²) in [4.78, 5) is 9.91. The molecule has 14 aromatic rings. The van der Waals surface area contributed by atoms with Crippen molar-refractivity contribution in [2.75, 3.05) is 19.6 Å². The van der Waals surface area contributed by atoms with E-state index < -0.39 is 0 Å². The third kappa shape index (κ3) is 7.65. The minimum Gasteiger partial charge on any atom is -0.310 e. The lowest BCUT2D eigenvalue weighted by Gasteiger charge is -2.31. The summed E-state index contributed by atoms with van der Waals surface area (Å²) in [6.07, 6.45) is 0. The molecule has 0 aliphatic carbocycles. The standard InChI is InChI=1S/C84H54N4/c1-3-23-57(24-4-1)85(61-51-75-67-31-11-7-27-63(67)71-35-15-19-39-79(71)87-80-40-20-16-36-72(80)64-28-8-12-32-68(64)76(52-61)83(75)87)59-47-43-55(44-48-59)56-45-49-60(50-46-56)86(58-25-5-2-6-26-58)62-53-77-69-33-13-9-29-65(69)73-37-17-21-41-81(73)88-82-42-22-18-38-74(82)66-30-10-14-34-70(66)78(54-62)84(77)88/h1-54H. The molecule has 18 rings (SSSR count). The Kier molecular flexibility index (Phi) is 11.3. The van der Waals surface area contributed by atoms with E-state index in [1.807, 2.05) is 0 Å². The molecule has 0 spiro atoms. The van der Waals surface area contributed by atoms with Gasteiger partial charge in [-0.05, 0) is 153 Å². The van der Waals surface area contributed by atoms with Gasteiger partial charge in [-0.1, -0.05) is 231 Å². The van der Waals surface area contributed by atoms with E-state index in [1.165, 1.54) is 123 Å². The average Bonchev–Trinajstić information content (AvgIpc) is 1.62. The van der Waals surface area contributed by atoms with Crippen molar-refractivity contribution in [2.24, 2.45) is 0 Å². The highest BCUT2D eigenvalue weighted by Crippen LogP contribution is 2.62. The Labute approximate surface area is 512 Å². The summed E-state index contributed by atoms with van der Waals surface area (Å²) in [5.74, 6) is 0. The van der Waals surface area contributed by atoms with E-state index >= 15 is 0 Å². The zero-order valence-corrected chi connectivity index (χ0v) is 48.0. The van der Waals surface area contributed by atoms with Crippen molar-refractivity contribution in [3.05, 3.63) is 328 Å². The lowest BCUT2D eigenvalue weighted by atomic mass is 9.89. The molecule has 0 radical (unpaired) electrons. The van der Waals surface area contributed by atoms with Gasteiger partial charge >= 0.3 is 0 Å². The first-order valence-corrected chi connectivity index (χ1v) is 30.3. The fourth-order valence-electron chi connectivity index (χ4n) is 14.6. The fraction of sp³-hybridized carbons (Fsp3) is 0. The van der Waals surface area contributed by atoms with Gasteiger partial charge in [-0.25, -0.2) is 0 Å². The van der Waals surface area contributed by atoms with Crippen molar-refractivity contribution in [3.63, 3.8) is 0 Å². The summed E-state index contributed by atoms with van der Waals surface area (Å²) >= 11 is 0. The summed E-state index contributed by atoms with van der Waals surface area (Å²) in [6, 6.07) is 121. The first-order chi connectivity index (χ1) is 43.7. The highest BCUT2D eigenvalue weighted by Gasteiger charge is 2.37. The molecule has 88 heavy (non-hydrogen) atoms. The normalized spacial score (nSPS) is 12.3. The van der Waals surface area contributed by atoms with Crippen LogP contribution in [0.25, 0.3) is 100 Å². The molecular weight excluding hydrogens is 1060 g/mol. The molecule has 4 heterocycles. The molecule has 0 aromatic heterocycles. The lowest BCUT2D eigenvalue weighted by molar-refractivity contribution is 1.27. The largest absolute Gasteiger partial charge is 0.310 e. The smallest absolute Gasteiger partial charge is 0.0620 e. The molecule has 14 aromatic carbocycles. The third-order valence-corrected chi connectivity index (χ3v) is 18.4. The van der Waals surface area contributed by atoms with Gasteiger partial charge < -0.3 is 19.6 Å². The van der Waals surface area contributed by atoms with Gasteiger partial charge in [0, 0.05) is 78.6 Å².